The summed E-state index contributed by atoms with van der Waals surface area (Å²) in [6.45, 7) is 9.49. The van der Waals surface area contributed by atoms with Crippen molar-refractivity contribution in [2.75, 3.05) is 4.90 Å². The van der Waals surface area contributed by atoms with Crippen LogP contribution in [-0.2, 0) is 10.8 Å². The quantitative estimate of drug-likeness (QED) is 0.172. The molecule has 0 fully saturated rings. The maximum atomic E-state index is 6.42. The monoisotopic (exact) mass is 819 g/mol. The molecule has 2 aliphatic rings. The molecule has 2 heteroatoms. The second-order valence-electron chi connectivity index (χ2n) is 19.0. The van der Waals surface area contributed by atoms with E-state index in [-0.39, 0.29) is 10.8 Å². The number of nitrogens with zero attached hydrogens (tertiary/aromatic N) is 1. The number of benzene rings is 10. The summed E-state index contributed by atoms with van der Waals surface area (Å²) in [5, 5.41) is 7.40. The van der Waals surface area contributed by atoms with Gasteiger partial charge in [0.1, 0.15) is 11.2 Å². The predicted molar refractivity (Wildman–Crippen MR) is 269 cm³/mol. The SMILES string of the molecule is CC1(C)c2cc3ccccc3cc2-c2cc3ccc(N(c4ccc(-c5ccc(-c6ccccc6)cc5)cc4)c4ccc5c(c4)C(C)(C)c4cc6oc7ccccc7c6cc4-5)cc3cc21. The molecule has 0 amide bonds. The number of para-hydroxylation sites is 1. The standard InChI is InChI=1S/C62H45NO/c1-61(2)55-33-43-15-9-8-14-42(43)31-51(55)52-32-44-24-27-47(30-45(44)34-56(52)61)63(46-25-22-41(23-26-46)40-20-18-39(19-21-40)38-12-6-5-7-13-38)48-28-29-49-53-36-54-50-16-10-11-17-59(50)64-60(54)37-58(53)62(3,4)57(49)35-48/h5-37H,1-4H3. The second-order valence-corrected chi connectivity index (χ2v) is 19.0. The third-order valence-corrected chi connectivity index (χ3v) is 14.6. The van der Waals surface area contributed by atoms with Gasteiger partial charge in [-0.1, -0.05) is 149 Å². The van der Waals surface area contributed by atoms with Crippen LogP contribution in [0.4, 0.5) is 17.1 Å². The molecule has 13 rings (SSSR count). The van der Waals surface area contributed by atoms with E-state index in [1.54, 1.807) is 0 Å². The molecule has 0 atom stereocenters. The lowest BCUT2D eigenvalue weighted by molar-refractivity contribution is 0.647. The summed E-state index contributed by atoms with van der Waals surface area (Å²) in [5.41, 5.74) is 20.4. The molecule has 0 saturated carbocycles. The van der Waals surface area contributed by atoms with Crippen molar-refractivity contribution >= 4 is 60.5 Å². The molecular formula is C62H45NO. The highest BCUT2D eigenvalue weighted by atomic mass is 16.3. The molecule has 10 aromatic carbocycles. The molecule has 0 N–H and O–H groups in total. The van der Waals surface area contributed by atoms with E-state index in [1.165, 1.54) is 93.7 Å². The zero-order valence-electron chi connectivity index (χ0n) is 36.4. The highest BCUT2D eigenvalue weighted by molar-refractivity contribution is 6.08. The van der Waals surface area contributed by atoms with Crippen molar-refractivity contribution < 1.29 is 4.42 Å². The van der Waals surface area contributed by atoms with Crippen LogP contribution in [0.5, 0.6) is 0 Å². The van der Waals surface area contributed by atoms with E-state index in [1.807, 2.05) is 6.07 Å². The summed E-state index contributed by atoms with van der Waals surface area (Å²) in [4.78, 5) is 2.44. The Morgan fingerprint density at radius 3 is 1.50 bits per heavy atom. The zero-order chi connectivity index (χ0) is 42.9. The fourth-order valence-electron chi connectivity index (χ4n) is 11.1. The van der Waals surface area contributed by atoms with Crippen molar-refractivity contribution in [3.05, 3.63) is 222 Å². The topological polar surface area (TPSA) is 16.4 Å². The van der Waals surface area contributed by atoms with Gasteiger partial charge < -0.3 is 9.32 Å². The van der Waals surface area contributed by atoms with E-state index in [0.717, 1.165) is 33.6 Å². The molecule has 0 radical (unpaired) electrons. The van der Waals surface area contributed by atoms with Crippen LogP contribution in [0.3, 0.4) is 0 Å². The van der Waals surface area contributed by atoms with Gasteiger partial charge in [0, 0.05) is 38.7 Å². The van der Waals surface area contributed by atoms with Gasteiger partial charge in [0.25, 0.3) is 0 Å². The summed E-state index contributed by atoms with van der Waals surface area (Å²) in [5.74, 6) is 0. The van der Waals surface area contributed by atoms with Crippen LogP contribution in [0.15, 0.2) is 205 Å². The molecule has 0 saturated heterocycles. The van der Waals surface area contributed by atoms with E-state index in [0.29, 0.717) is 0 Å². The van der Waals surface area contributed by atoms with Crippen molar-refractivity contribution in [2.24, 2.45) is 0 Å². The van der Waals surface area contributed by atoms with Crippen LogP contribution in [0, 0.1) is 0 Å². The lowest BCUT2D eigenvalue weighted by Gasteiger charge is -2.28. The zero-order valence-corrected chi connectivity index (χ0v) is 36.4. The highest BCUT2D eigenvalue weighted by Gasteiger charge is 2.38. The van der Waals surface area contributed by atoms with Crippen molar-refractivity contribution in [1.82, 2.24) is 0 Å². The van der Waals surface area contributed by atoms with Crippen LogP contribution in [0.2, 0.25) is 0 Å². The first-order valence-electron chi connectivity index (χ1n) is 22.5. The van der Waals surface area contributed by atoms with Gasteiger partial charge in [-0.25, -0.2) is 0 Å². The maximum absolute atomic E-state index is 6.42. The average molecular weight is 820 g/mol. The minimum atomic E-state index is -0.232. The van der Waals surface area contributed by atoms with Crippen LogP contribution >= 0.6 is 0 Å². The molecule has 2 aliphatic carbocycles. The number of hydrogen-bond donors (Lipinski definition) is 0. The van der Waals surface area contributed by atoms with E-state index >= 15 is 0 Å². The van der Waals surface area contributed by atoms with E-state index in [2.05, 4.69) is 227 Å². The van der Waals surface area contributed by atoms with E-state index in [4.69, 9.17) is 4.42 Å². The molecule has 0 aliphatic heterocycles. The first-order valence-corrected chi connectivity index (χ1v) is 22.5. The molecule has 304 valence electrons. The molecule has 11 aromatic rings. The smallest absolute Gasteiger partial charge is 0.135 e. The molecule has 2 nitrogen and oxygen atoms in total. The van der Waals surface area contributed by atoms with Gasteiger partial charge in [-0.2, -0.15) is 0 Å². The number of anilines is 3. The normalized spacial score (nSPS) is 14.2. The summed E-state index contributed by atoms with van der Waals surface area (Å²) >= 11 is 0. The molecule has 0 bridgehead atoms. The first-order chi connectivity index (χ1) is 31.2. The summed E-state index contributed by atoms with van der Waals surface area (Å²) in [7, 11) is 0. The van der Waals surface area contributed by atoms with Gasteiger partial charge in [-0.05, 0) is 167 Å². The lowest BCUT2D eigenvalue weighted by atomic mass is 9.81. The number of rotatable bonds is 5. The Morgan fingerprint density at radius 1 is 0.312 bits per heavy atom. The van der Waals surface area contributed by atoms with Gasteiger partial charge >= 0.3 is 0 Å². The Balaban J connectivity index is 0.941. The van der Waals surface area contributed by atoms with Gasteiger partial charge in [-0.3, -0.25) is 0 Å². The van der Waals surface area contributed by atoms with E-state index < -0.39 is 0 Å². The van der Waals surface area contributed by atoms with Crippen molar-refractivity contribution in [3.63, 3.8) is 0 Å². The Hall–Kier alpha value is -7.68. The Kier molecular flexibility index (Phi) is 7.74. The van der Waals surface area contributed by atoms with Gasteiger partial charge in [-0.15, -0.1) is 0 Å². The minimum absolute atomic E-state index is 0.123. The molecule has 1 heterocycles. The molecule has 0 unspecified atom stereocenters. The molecule has 1 aromatic heterocycles. The van der Waals surface area contributed by atoms with Crippen LogP contribution < -0.4 is 4.90 Å². The summed E-state index contributed by atoms with van der Waals surface area (Å²) < 4.78 is 6.42. The Labute approximate surface area is 373 Å². The third-order valence-electron chi connectivity index (χ3n) is 14.6. The van der Waals surface area contributed by atoms with Gasteiger partial charge in [0.15, 0.2) is 0 Å². The second kappa shape index (κ2) is 13.4. The first kappa shape index (κ1) is 36.9. The highest BCUT2D eigenvalue weighted by Crippen LogP contribution is 2.54. The number of furan rings is 1. The van der Waals surface area contributed by atoms with Crippen molar-refractivity contribution in [1.29, 1.82) is 0 Å². The van der Waals surface area contributed by atoms with Gasteiger partial charge in [0.2, 0.25) is 0 Å². The van der Waals surface area contributed by atoms with E-state index in [9.17, 15) is 0 Å². The minimum Gasteiger partial charge on any atom is -0.456 e. The number of hydrogen-bond acceptors (Lipinski definition) is 2. The lowest BCUT2D eigenvalue weighted by Crippen LogP contribution is -2.16. The fraction of sp³-hybridized carbons (Fsp3) is 0.0968. The number of fused-ring (bicyclic) bond motifs is 11. The Bertz CT molecular complexity index is 3700. The predicted octanol–water partition coefficient (Wildman–Crippen LogP) is 17.3. The summed E-state index contributed by atoms with van der Waals surface area (Å²) in [6, 6.07) is 74.2. The van der Waals surface area contributed by atoms with Crippen molar-refractivity contribution in [2.45, 2.75) is 38.5 Å². The van der Waals surface area contributed by atoms with Crippen LogP contribution in [-0.4, -0.2) is 0 Å². The fourth-order valence-corrected chi connectivity index (χ4v) is 11.1. The molecular weight excluding hydrogens is 775 g/mol. The Morgan fingerprint density at radius 2 is 0.797 bits per heavy atom. The molecule has 0 spiro atoms. The summed E-state index contributed by atoms with van der Waals surface area (Å²) in [6.07, 6.45) is 0. The van der Waals surface area contributed by atoms with Crippen LogP contribution in [0.25, 0.3) is 88.0 Å². The van der Waals surface area contributed by atoms with Crippen molar-refractivity contribution in [3.8, 4) is 44.5 Å². The molecule has 64 heavy (non-hydrogen) atoms. The van der Waals surface area contributed by atoms with Crippen LogP contribution in [0.1, 0.15) is 49.9 Å². The van der Waals surface area contributed by atoms with Gasteiger partial charge in [0.05, 0.1) is 0 Å². The maximum Gasteiger partial charge on any atom is 0.135 e. The largest absolute Gasteiger partial charge is 0.456 e. The average Bonchev–Trinajstić information content (AvgIpc) is 3.88. The third kappa shape index (κ3) is 5.45.